The van der Waals surface area contributed by atoms with Gasteiger partial charge in [0.25, 0.3) is 5.91 Å². The first-order chi connectivity index (χ1) is 7.49. The highest BCUT2D eigenvalue weighted by Crippen LogP contribution is 2.31. The maximum atomic E-state index is 11.2. The summed E-state index contributed by atoms with van der Waals surface area (Å²) in [6.07, 6.45) is 0.155. The Balaban J connectivity index is 0.00000256. The molecule has 0 atom stereocenters. The van der Waals surface area contributed by atoms with E-state index >= 15 is 0 Å². The molecule has 0 aromatic rings. The summed E-state index contributed by atoms with van der Waals surface area (Å²) in [7, 11) is 0. The van der Waals surface area contributed by atoms with E-state index in [1.807, 2.05) is 6.92 Å². The Hall–Kier alpha value is -1.36. The number of carbonyl (C=O) groups is 2. The Morgan fingerprint density at radius 1 is 1.47 bits per heavy atom. The molecular weight excluding hydrogens is 222 g/mol. The molecule has 0 aromatic carbocycles. The summed E-state index contributed by atoms with van der Waals surface area (Å²) in [4.78, 5) is 22.3. The van der Waals surface area contributed by atoms with Crippen LogP contribution in [0.15, 0.2) is 12.2 Å². The molecular formula is C12H21NO4. The first kappa shape index (κ1) is 15.6. The first-order valence-electron chi connectivity index (χ1n) is 5.20. The Morgan fingerprint density at radius 2 is 2.06 bits per heavy atom. The predicted molar refractivity (Wildman–Crippen MR) is 64.6 cm³/mol. The van der Waals surface area contributed by atoms with Crippen molar-refractivity contribution in [3.8, 4) is 0 Å². The Kier molecular flexibility index (Phi) is 5.88. The maximum absolute atomic E-state index is 11.2. The molecule has 0 saturated carbocycles. The van der Waals surface area contributed by atoms with E-state index in [0.717, 1.165) is 6.42 Å². The molecule has 2 amide bonds. The quantitative estimate of drug-likeness (QED) is 0.766. The number of imide groups is 1. The summed E-state index contributed by atoms with van der Waals surface area (Å²) in [6.45, 7) is 8.44. The van der Waals surface area contributed by atoms with Crippen LogP contribution in [-0.2, 0) is 14.3 Å². The zero-order chi connectivity index (χ0) is 12.2. The fourth-order valence-electron chi connectivity index (χ4n) is 1.23. The number of hydrogen-bond donors (Lipinski definition) is 1. The van der Waals surface area contributed by atoms with E-state index in [0.29, 0.717) is 13.2 Å². The van der Waals surface area contributed by atoms with Gasteiger partial charge in [0.15, 0.2) is 0 Å². The van der Waals surface area contributed by atoms with E-state index in [2.05, 4.69) is 11.9 Å². The molecule has 1 aliphatic rings. The van der Waals surface area contributed by atoms with Crippen LogP contribution >= 0.6 is 0 Å². The Morgan fingerprint density at radius 3 is 2.41 bits per heavy atom. The molecule has 98 valence electrons. The van der Waals surface area contributed by atoms with Crippen LogP contribution in [0.4, 0.5) is 4.79 Å². The first-order valence-corrected chi connectivity index (χ1v) is 5.20. The molecule has 0 aromatic heterocycles. The largest absolute Gasteiger partial charge is 0.448 e. The third-order valence-electron chi connectivity index (χ3n) is 2.68. The molecule has 5 nitrogen and oxygen atoms in total. The monoisotopic (exact) mass is 243 g/mol. The molecule has 0 radical (unpaired) electrons. The van der Waals surface area contributed by atoms with Crippen LogP contribution in [0.2, 0.25) is 0 Å². The van der Waals surface area contributed by atoms with Gasteiger partial charge in [-0.2, -0.15) is 0 Å². The lowest BCUT2D eigenvalue weighted by Gasteiger charge is -2.39. The number of rotatable bonds is 4. The molecule has 0 bridgehead atoms. The molecule has 1 aliphatic heterocycles. The summed E-state index contributed by atoms with van der Waals surface area (Å²) in [6, 6.07) is 0. The highest BCUT2D eigenvalue weighted by atomic mass is 16.6. The van der Waals surface area contributed by atoms with Gasteiger partial charge < -0.3 is 9.47 Å². The summed E-state index contributed by atoms with van der Waals surface area (Å²) >= 11 is 0. The summed E-state index contributed by atoms with van der Waals surface area (Å²) < 4.78 is 10.1. The van der Waals surface area contributed by atoms with Gasteiger partial charge in [-0.15, -0.1) is 0 Å². The highest BCUT2D eigenvalue weighted by Gasteiger charge is 2.38. The third-order valence-corrected chi connectivity index (χ3v) is 2.68. The Bertz CT molecular complexity index is 302. The number of amides is 2. The van der Waals surface area contributed by atoms with E-state index in [4.69, 9.17) is 9.47 Å². The van der Waals surface area contributed by atoms with Gasteiger partial charge in [0.2, 0.25) is 0 Å². The zero-order valence-electron chi connectivity index (χ0n) is 9.67. The summed E-state index contributed by atoms with van der Waals surface area (Å²) in [5.74, 6) is -0.514. The van der Waals surface area contributed by atoms with Crippen LogP contribution in [0.5, 0.6) is 0 Å². The second kappa shape index (κ2) is 6.39. The van der Waals surface area contributed by atoms with Crippen molar-refractivity contribution in [1.29, 1.82) is 0 Å². The van der Waals surface area contributed by atoms with Crippen molar-refractivity contribution in [2.75, 3.05) is 19.8 Å². The van der Waals surface area contributed by atoms with Gasteiger partial charge in [-0.1, -0.05) is 20.9 Å². The number of nitrogens with one attached hydrogen (secondary N) is 1. The second-order valence-corrected chi connectivity index (χ2v) is 4.16. The number of carbonyl (C=O) groups excluding carboxylic acids is 2. The molecule has 17 heavy (non-hydrogen) atoms. The molecule has 1 rings (SSSR count). The topological polar surface area (TPSA) is 64.6 Å². The average Bonchev–Trinajstić information content (AvgIpc) is 2.16. The van der Waals surface area contributed by atoms with Crippen molar-refractivity contribution in [2.24, 2.45) is 5.41 Å². The molecule has 1 saturated heterocycles. The third kappa shape index (κ3) is 4.19. The van der Waals surface area contributed by atoms with Gasteiger partial charge in [-0.3, -0.25) is 10.1 Å². The van der Waals surface area contributed by atoms with Gasteiger partial charge in [-0.05, 0) is 13.3 Å². The van der Waals surface area contributed by atoms with Gasteiger partial charge >= 0.3 is 6.09 Å². The van der Waals surface area contributed by atoms with Crippen LogP contribution in [-0.4, -0.2) is 31.8 Å². The fraction of sp³-hybridized carbons (Fsp3) is 0.667. The zero-order valence-corrected chi connectivity index (χ0v) is 9.67. The van der Waals surface area contributed by atoms with E-state index < -0.39 is 12.0 Å². The van der Waals surface area contributed by atoms with Crippen molar-refractivity contribution in [3.05, 3.63) is 12.2 Å². The fourth-order valence-corrected chi connectivity index (χ4v) is 1.23. The molecule has 1 heterocycles. The van der Waals surface area contributed by atoms with Crippen LogP contribution in [0.1, 0.15) is 27.7 Å². The summed E-state index contributed by atoms with van der Waals surface area (Å²) in [5, 5.41) is 2.08. The lowest BCUT2D eigenvalue weighted by molar-refractivity contribution is -0.139. The smallest absolute Gasteiger partial charge is 0.414 e. The minimum atomic E-state index is -0.729. The van der Waals surface area contributed by atoms with Crippen molar-refractivity contribution >= 4 is 12.0 Å². The normalized spacial score (nSPS) is 16.1. The molecule has 5 heteroatoms. The van der Waals surface area contributed by atoms with E-state index in [1.54, 1.807) is 0 Å². The second-order valence-electron chi connectivity index (χ2n) is 4.16. The number of ether oxygens (including phenoxy) is 2. The SMILES string of the molecule is C.C=C(C)C(=O)NC(=O)OCC1(CC)COC1. The number of hydrogen-bond acceptors (Lipinski definition) is 4. The maximum Gasteiger partial charge on any atom is 0.414 e. The van der Waals surface area contributed by atoms with Crippen LogP contribution < -0.4 is 5.32 Å². The van der Waals surface area contributed by atoms with Gasteiger partial charge in [-0.25, -0.2) is 4.79 Å². The minimum Gasteiger partial charge on any atom is -0.448 e. The number of alkyl carbamates (subject to hydrolysis) is 1. The van der Waals surface area contributed by atoms with E-state index in [-0.39, 0.29) is 25.0 Å². The molecule has 1 N–H and O–H groups in total. The van der Waals surface area contributed by atoms with Gasteiger partial charge in [0.1, 0.15) is 6.61 Å². The van der Waals surface area contributed by atoms with Crippen LogP contribution in [0.3, 0.4) is 0 Å². The van der Waals surface area contributed by atoms with E-state index in [9.17, 15) is 9.59 Å². The lowest BCUT2D eigenvalue weighted by atomic mass is 9.84. The standard InChI is InChI=1S/C11H17NO4.CH4/c1-4-11(5-15-6-11)7-16-10(14)12-9(13)8(2)3;/h2,4-7H2,1,3H3,(H,12,13,14);1H4. The van der Waals surface area contributed by atoms with Crippen molar-refractivity contribution in [2.45, 2.75) is 27.7 Å². The van der Waals surface area contributed by atoms with Crippen molar-refractivity contribution < 1.29 is 19.1 Å². The van der Waals surface area contributed by atoms with Gasteiger partial charge in [0.05, 0.1) is 18.6 Å². The van der Waals surface area contributed by atoms with E-state index in [1.165, 1.54) is 6.92 Å². The molecule has 0 unspecified atom stereocenters. The molecule has 0 aliphatic carbocycles. The van der Waals surface area contributed by atoms with Crippen LogP contribution in [0, 0.1) is 5.41 Å². The predicted octanol–water partition coefficient (Wildman–Crippen LogP) is 1.88. The van der Waals surface area contributed by atoms with Gasteiger partial charge in [0, 0.05) is 5.57 Å². The average molecular weight is 243 g/mol. The van der Waals surface area contributed by atoms with Crippen molar-refractivity contribution in [3.63, 3.8) is 0 Å². The lowest BCUT2D eigenvalue weighted by Crippen LogP contribution is -2.47. The van der Waals surface area contributed by atoms with Crippen molar-refractivity contribution in [1.82, 2.24) is 5.32 Å². The minimum absolute atomic E-state index is 0. The molecule has 0 spiro atoms. The summed E-state index contributed by atoms with van der Waals surface area (Å²) in [5.41, 5.74) is 0.206. The molecule has 1 fully saturated rings. The van der Waals surface area contributed by atoms with Crippen LogP contribution in [0.25, 0.3) is 0 Å². The highest BCUT2D eigenvalue weighted by molar-refractivity contribution is 6.01. The Labute approximate surface area is 102 Å².